The lowest BCUT2D eigenvalue weighted by Crippen LogP contribution is -2.47. The Hall–Kier alpha value is -2.83. The summed E-state index contributed by atoms with van der Waals surface area (Å²) < 4.78 is 10.7. The number of likely N-dealkylation sites (tertiary alicyclic amines) is 1. The third kappa shape index (κ3) is 3.82. The molecule has 1 aromatic heterocycles. The smallest absolute Gasteiger partial charge is 0.273 e. The van der Waals surface area contributed by atoms with E-state index in [1.165, 1.54) is 0 Å². The third-order valence-electron chi connectivity index (χ3n) is 5.18. The number of nitrogens with one attached hydrogen (secondary N) is 1. The third-order valence-corrected chi connectivity index (χ3v) is 5.18. The highest BCUT2D eigenvalue weighted by Crippen LogP contribution is 2.32. The molecule has 2 aromatic rings. The number of amides is 2. The highest BCUT2D eigenvalue weighted by atomic mass is 16.5. The largest absolute Gasteiger partial charge is 0.496 e. The molecule has 7 nitrogen and oxygen atoms in total. The Labute approximate surface area is 157 Å². The molecule has 2 fully saturated rings. The Morgan fingerprint density at radius 3 is 2.63 bits per heavy atom. The molecule has 1 aromatic carbocycles. The van der Waals surface area contributed by atoms with Gasteiger partial charge < -0.3 is 19.5 Å². The maximum absolute atomic E-state index is 12.5. The van der Waals surface area contributed by atoms with E-state index < -0.39 is 0 Å². The first-order valence-electron chi connectivity index (χ1n) is 9.35. The summed E-state index contributed by atoms with van der Waals surface area (Å²) in [6, 6.07) is 9.09. The number of carbonyl (C=O) groups excluding carboxylic acids is 2. The van der Waals surface area contributed by atoms with Crippen molar-refractivity contribution < 1.29 is 18.8 Å². The van der Waals surface area contributed by atoms with Crippen LogP contribution in [-0.2, 0) is 4.79 Å². The molecule has 1 aliphatic heterocycles. The van der Waals surface area contributed by atoms with Crippen LogP contribution in [0.15, 0.2) is 34.9 Å². The fraction of sp³-hybridized carbons (Fsp3) is 0.450. The van der Waals surface area contributed by atoms with E-state index >= 15 is 0 Å². The molecule has 1 saturated heterocycles. The van der Waals surface area contributed by atoms with E-state index in [0.29, 0.717) is 24.6 Å². The Bertz CT molecular complexity index is 835. The lowest BCUT2D eigenvalue weighted by molar-refractivity contribution is -0.133. The summed E-state index contributed by atoms with van der Waals surface area (Å²) in [5, 5.41) is 6.90. The summed E-state index contributed by atoms with van der Waals surface area (Å²) in [5.41, 5.74) is 0.992. The standard InChI is InChI=1S/C20H23N3O4/c1-26-17-5-3-2-4-15(17)18-12-16(22-27-18)19(24)21-14-8-10-23(11-9-14)20(25)13-6-7-13/h2-5,12-14H,6-11H2,1H3,(H,21,24). The molecular weight excluding hydrogens is 346 g/mol. The second-order valence-corrected chi connectivity index (χ2v) is 7.12. The van der Waals surface area contributed by atoms with Crippen LogP contribution in [-0.4, -0.2) is 48.1 Å². The Balaban J connectivity index is 1.35. The number of methoxy groups -OCH3 is 1. The Morgan fingerprint density at radius 1 is 1.19 bits per heavy atom. The van der Waals surface area contributed by atoms with Crippen LogP contribution in [0, 0.1) is 5.92 Å². The van der Waals surface area contributed by atoms with Gasteiger partial charge in [0.2, 0.25) is 5.91 Å². The van der Waals surface area contributed by atoms with Crippen LogP contribution in [0.5, 0.6) is 5.75 Å². The van der Waals surface area contributed by atoms with Crippen molar-refractivity contribution in [1.29, 1.82) is 0 Å². The summed E-state index contributed by atoms with van der Waals surface area (Å²) in [6.45, 7) is 1.40. The zero-order valence-electron chi connectivity index (χ0n) is 15.3. The van der Waals surface area contributed by atoms with E-state index in [1.807, 2.05) is 29.2 Å². The van der Waals surface area contributed by atoms with Crippen molar-refractivity contribution in [2.45, 2.75) is 31.7 Å². The molecule has 1 aliphatic carbocycles. The number of aromatic nitrogens is 1. The Kier molecular flexibility index (Phi) is 4.83. The molecule has 0 radical (unpaired) electrons. The van der Waals surface area contributed by atoms with E-state index in [9.17, 15) is 9.59 Å². The highest BCUT2D eigenvalue weighted by Gasteiger charge is 2.35. The minimum absolute atomic E-state index is 0.0483. The van der Waals surface area contributed by atoms with Gasteiger partial charge in [-0.25, -0.2) is 0 Å². The van der Waals surface area contributed by atoms with Gasteiger partial charge in [-0.15, -0.1) is 0 Å². The fourth-order valence-corrected chi connectivity index (χ4v) is 3.45. The molecule has 0 bridgehead atoms. The fourth-order valence-electron chi connectivity index (χ4n) is 3.45. The summed E-state index contributed by atoms with van der Waals surface area (Å²) in [6.07, 6.45) is 3.58. The van der Waals surface area contributed by atoms with Gasteiger partial charge >= 0.3 is 0 Å². The molecule has 0 spiro atoms. The van der Waals surface area contributed by atoms with Gasteiger partial charge in [-0.2, -0.15) is 0 Å². The van der Waals surface area contributed by atoms with Crippen molar-refractivity contribution in [3.63, 3.8) is 0 Å². The van der Waals surface area contributed by atoms with Crippen LogP contribution >= 0.6 is 0 Å². The van der Waals surface area contributed by atoms with Gasteiger partial charge in [-0.05, 0) is 37.8 Å². The van der Waals surface area contributed by atoms with Crippen molar-refractivity contribution in [3.8, 4) is 17.1 Å². The summed E-state index contributed by atoms with van der Waals surface area (Å²) >= 11 is 0. The second-order valence-electron chi connectivity index (χ2n) is 7.12. The molecule has 2 amide bonds. The topological polar surface area (TPSA) is 84.7 Å². The maximum atomic E-state index is 12.5. The van der Waals surface area contributed by atoms with E-state index in [1.54, 1.807) is 13.2 Å². The molecule has 1 N–H and O–H groups in total. The predicted octanol–water partition coefficient (Wildman–Crippen LogP) is 2.48. The van der Waals surface area contributed by atoms with Crippen molar-refractivity contribution in [2.24, 2.45) is 5.92 Å². The molecule has 27 heavy (non-hydrogen) atoms. The lowest BCUT2D eigenvalue weighted by Gasteiger charge is -2.32. The van der Waals surface area contributed by atoms with E-state index in [4.69, 9.17) is 9.26 Å². The van der Waals surface area contributed by atoms with E-state index in [2.05, 4.69) is 10.5 Å². The SMILES string of the molecule is COc1ccccc1-c1cc(C(=O)NC2CCN(C(=O)C3CC3)CC2)no1. The number of rotatable bonds is 5. The van der Waals surface area contributed by atoms with Crippen molar-refractivity contribution >= 4 is 11.8 Å². The molecule has 2 aliphatic rings. The first-order chi connectivity index (χ1) is 13.2. The van der Waals surface area contributed by atoms with Gasteiger partial charge in [0.1, 0.15) is 5.75 Å². The normalized spacial score (nSPS) is 17.6. The molecule has 4 rings (SSSR count). The van der Waals surface area contributed by atoms with Crippen LogP contribution in [0.4, 0.5) is 0 Å². The zero-order valence-corrected chi connectivity index (χ0v) is 15.3. The summed E-state index contributed by atoms with van der Waals surface area (Å²) in [4.78, 5) is 26.5. The molecular formula is C20H23N3O4. The van der Waals surface area contributed by atoms with Gasteiger partial charge in [0.05, 0.1) is 12.7 Å². The monoisotopic (exact) mass is 369 g/mol. The highest BCUT2D eigenvalue weighted by molar-refractivity contribution is 5.93. The van der Waals surface area contributed by atoms with Crippen LogP contribution in [0.3, 0.4) is 0 Å². The maximum Gasteiger partial charge on any atom is 0.273 e. The first kappa shape index (κ1) is 17.6. The summed E-state index contributed by atoms with van der Waals surface area (Å²) in [5.74, 6) is 1.42. The molecule has 1 saturated carbocycles. The number of para-hydroxylation sites is 1. The average Bonchev–Trinajstić information content (AvgIpc) is 3.44. The molecule has 0 atom stereocenters. The van der Waals surface area contributed by atoms with Gasteiger partial charge in [0.15, 0.2) is 11.5 Å². The number of ether oxygens (including phenoxy) is 1. The van der Waals surface area contributed by atoms with Gasteiger partial charge in [-0.3, -0.25) is 9.59 Å². The molecule has 142 valence electrons. The molecule has 2 heterocycles. The van der Waals surface area contributed by atoms with Crippen LogP contribution in [0.1, 0.15) is 36.2 Å². The van der Waals surface area contributed by atoms with E-state index in [0.717, 1.165) is 31.2 Å². The van der Waals surface area contributed by atoms with E-state index in [-0.39, 0.29) is 29.5 Å². The van der Waals surface area contributed by atoms with Crippen molar-refractivity contribution in [2.75, 3.05) is 20.2 Å². The van der Waals surface area contributed by atoms with Crippen LogP contribution in [0.25, 0.3) is 11.3 Å². The number of piperidine rings is 1. The van der Waals surface area contributed by atoms with Gasteiger partial charge in [0, 0.05) is 31.1 Å². The van der Waals surface area contributed by atoms with Crippen LogP contribution < -0.4 is 10.1 Å². The average molecular weight is 369 g/mol. The molecule has 0 unspecified atom stereocenters. The minimum atomic E-state index is -0.258. The summed E-state index contributed by atoms with van der Waals surface area (Å²) in [7, 11) is 1.59. The lowest BCUT2D eigenvalue weighted by atomic mass is 10.0. The predicted molar refractivity (Wildman–Crippen MR) is 98.3 cm³/mol. The number of hydrogen-bond donors (Lipinski definition) is 1. The Morgan fingerprint density at radius 2 is 1.93 bits per heavy atom. The number of carbonyl (C=O) groups is 2. The molecule has 7 heteroatoms. The van der Waals surface area contributed by atoms with Crippen LogP contribution in [0.2, 0.25) is 0 Å². The van der Waals surface area contributed by atoms with Gasteiger partial charge in [-0.1, -0.05) is 17.3 Å². The van der Waals surface area contributed by atoms with Crippen molar-refractivity contribution in [1.82, 2.24) is 15.4 Å². The zero-order chi connectivity index (χ0) is 18.8. The minimum Gasteiger partial charge on any atom is -0.496 e. The number of hydrogen-bond acceptors (Lipinski definition) is 5. The number of nitrogens with zero attached hydrogens (tertiary/aromatic N) is 2. The number of benzene rings is 1. The van der Waals surface area contributed by atoms with Crippen molar-refractivity contribution in [3.05, 3.63) is 36.0 Å². The second kappa shape index (κ2) is 7.42. The first-order valence-corrected chi connectivity index (χ1v) is 9.35. The van der Waals surface area contributed by atoms with Gasteiger partial charge in [0.25, 0.3) is 5.91 Å². The quantitative estimate of drug-likeness (QED) is 0.875.